The van der Waals surface area contributed by atoms with Gasteiger partial charge in [-0.2, -0.15) is 0 Å². The number of nitrogens with zero attached hydrogens (tertiary/aromatic N) is 1. The van der Waals surface area contributed by atoms with Crippen LogP contribution < -0.4 is 5.32 Å². The van der Waals surface area contributed by atoms with Gasteiger partial charge in [0.05, 0.1) is 17.1 Å². The standard InChI is InChI=1S/C24H24N2O5S/c1-4-31-24(28)21-14(3)25-17-10-16(20-6-5-9-32-20)12-19(27)23(17)22(21)15-8-7-13(2)18(11-15)26(29)30/h5-9,11,16,22,25H,4,10,12H2,1-3H3/t16-,22-/m0/s1. The molecule has 2 aliphatic rings. The Hall–Kier alpha value is -3.26. The molecule has 166 valence electrons. The minimum absolute atomic E-state index is 0.0382. The zero-order chi connectivity index (χ0) is 23.0. The molecular weight excluding hydrogens is 428 g/mol. The molecule has 0 fully saturated rings. The van der Waals surface area contributed by atoms with Gasteiger partial charge in [-0.15, -0.1) is 11.3 Å². The molecule has 0 bridgehead atoms. The van der Waals surface area contributed by atoms with E-state index in [0.29, 0.717) is 40.8 Å². The molecule has 1 N–H and O–H groups in total. The summed E-state index contributed by atoms with van der Waals surface area (Å²) in [4.78, 5) is 38.6. The smallest absolute Gasteiger partial charge is 0.336 e. The van der Waals surface area contributed by atoms with E-state index in [1.54, 1.807) is 44.2 Å². The summed E-state index contributed by atoms with van der Waals surface area (Å²) < 4.78 is 5.30. The van der Waals surface area contributed by atoms with Crippen molar-refractivity contribution in [3.05, 3.63) is 84.4 Å². The number of nitro groups is 1. The number of nitrogens with one attached hydrogen (secondary N) is 1. The number of thiophene rings is 1. The van der Waals surface area contributed by atoms with Crippen LogP contribution in [0.25, 0.3) is 0 Å². The summed E-state index contributed by atoms with van der Waals surface area (Å²) in [5.41, 5.74) is 3.24. The number of ether oxygens (including phenoxy) is 1. The number of benzene rings is 1. The van der Waals surface area contributed by atoms with E-state index >= 15 is 0 Å². The van der Waals surface area contributed by atoms with Gasteiger partial charge in [0, 0.05) is 51.7 Å². The van der Waals surface area contributed by atoms with Gasteiger partial charge in [0.25, 0.3) is 5.69 Å². The fraction of sp³-hybridized carbons (Fsp3) is 0.333. The molecule has 0 radical (unpaired) electrons. The summed E-state index contributed by atoms with van der Waals surface area (Å²) >= 11 is 1.62. The number of esters is 1. The topological polar surface area (TPSA) is 98.5 Å². The van der Waals surface area contributed by atoms with Gasteiger partial charge in [0.2, 0.25) is 0 Å². The van der Waals surface area contributed by atoms with Crippen molar-refractivity contribution in [3.63, 3.8) is 0 Å². The lowest BCUT2D eigenvalue weighted by atomic mass is 9.72. The molecule has 0 saturated carbocycles. The minimum Gasteiger partial charge on any atom is -0.463 e. The summed E-state index contributed by atoms with van der Waals surface area (Å²) in [7, 11) is 0. The van der Waals surface area contributed by atoms with E-state index in [-0.39, 0.29) is 24.0 Å². The van der Waals surface area contributed by atoms with Crippen LogP contribution in [-0.4, -0.2) is 23.3 Å². The summed E-state index contributed by atoms with van der Waals surface area (Å²) in [6, 6.07) is 8.90. The third-order valence-electron chi connectivity index (χ3n) is 6.03. The Morgan fingerprint density at radius 3 is 2.72 bits per heavy atom. The van der Waals surface area contributed by atoms with Gasteiger partial charge in [0.1, 0.15) is 0 Å². The molecule has 7 nitrogen and oxygen atoms in total. The second kappa shape index (κ2) is 8.70. The van der Waals surface area contributed by atoms with E-state index in [9.17, 15) is 19.7 Å². The maximum Gasteiger partial charge on any atom is 0.336 e. The Morgan fingerprint density at radius 2 is 2.06 bits per heavy atom. The molecule has 1 aromatic heterocycles. The Morgan fingerprint density at radius 1 is 1.28 bits per heavy atom. The van der Waals surface area contributed by atoms with E-state index < -0.39 is 16.8 Å². The van der Waals surface area contributed by atoms with Gasteiger partial charge >= 0.3 is 5.97 Å². The third-order valence-corrected chi connectivity index (χ3v) is 7.07. The van der Waals surface area contributed by atoms with Gasteiger partial charge < -0.3 is 10.1 Å². The normalized spacial score (nSPS) is 20.7. The molecule has 32 heavy (non-hydrogen) atoms. The Bertz CT molecular complexity index is 1160. The van der Waals surface area contributed by atoms with Crippen LogP contribution in [0.15, 0.2) is 58.3 Å². The number of allylic oxidation sites excluding steroid dienone is 3. The average Bonchev–Trinajstić information content (AvgIpc) is 3.28. The van der Waals surface area contributed by atoms with Gasteiger partial charge in [-0.05, 0) is 44.2 Å². The van der Waals surface area contributed by atoms with E-state index in [1.165, 1.54) is 6.07 Å². The van der Waals surface area contributed by atoms with Crippen LogP contribution in [0, 0.1) is 17.0 Å². The quantitative estimate of drug-likeness (QED) is 0.394. The summed E-state index contributed by atoms with van der Waals surface area (Å²) in [6.07, 6.45) is 0.972. The first-order valence-corrected chi connectivity index (χ1v) is 11.4. The molecule has 0 unspecified atom stereocenters. The van der Waals surface area contributed by atoms with Crippen LogP contribution in [0.5, 0.6) is 0 Å². The number of dihydropyridines is 1. The molecule has 4 rings (SSSR count). The van der Waals surface area contributed by atoms with E-state index in [2.05, 4.69) is 5.32 Å². The van der Waals surface area contributed by atoms with Gasteiger partial charge in [0.15, 0.2) is 5.78 Å². The number of ketones is 1. The number of nitro benzene ring substituents is 1. The van der Waals surface area contributed by atoms with Crippen LogP contribution in [0.4, 0.5) is 5.69 Å². The molecule has 2 aromatic rings. The van der Waals surface area contributed by atoms with E-state index in [0.717, 1.165) is 10.6 Å². The lowest BCUT2D eigenvalue weighted by Crippen LogP contribution is -2.36. The summed E-state index contributed by atoms with van der Waals surface area (Å²) in [5, 5.41) is 16.9. The second-order valence-corrected chi connectivity index (χ2v) is 9.04. The van der Waals surface area contributed by atoms with Crippen molar-refractivity contribution in [2.24, 2.45) is 0 Å². The molecule has 8 heteroatoms. The van der Waals surface area contributed by atoms with Crippen LogP contribution in [0.3, 0.4) is 0 Å². The number of carbonyl (C=O) groups is 2. The SMILES string of the molecule is CCOC(=O)C1=C(C)NC2=C(C(=O)C[C@@H](c3cccs3)C2)[C@H]1c1ccc(C)c([N+](=O)[O-])c1. The predicted molar refractivity (Wildman–Crippen MR) is 121 cm³/mol. The number of carbonyl (C=O) groups excluding carboxylic acids is 2. The number of hydrogen-bond donors (Lipinski definition) is 1. The number of hydrogen-bond acceptors (Lipinski definition) is 7. The fourth-order valence-corrected chi connectivity index (χ4v) is 5.41. The maximum atomic E-state index is 13.4. The van der Waals surface area contributed by atoms with Crippen molar-refractivity contribution in [1.82, 2.24) is 5.32 Å². The Kier molecular flexibility index (Phi) is 5.97. The summed E-state index contributed by atoms with van der Waals surface area (Å²) in [5.74, 6) is -1.22. The highest BCUT2D eigenvalue weighted by atomic mass is 32.1. The van der Waals surface area contributed by atoms with Crippen LogP contribution in [0.2, 0.25) is 0 Å². The van der Waals surface area contributed by atoms with Gasteiger partial charge in [-0.3, -0.25) is 14.9 Å². The number of aryl methyl sites for hydroxylation is 1. The molecule has 2 heterocycles. The monoisotopic (exact) mass is 452 g/mol. The number of Topliss-reactive ketones (excluding diaryl/α,β-unsaturated/α-hetero) is 1. The van der Waals surface area contributed by atoms with Crippen molar-refractivity contribution in [2.45, 2.75) is 45.4 Å². The first kappa shape index (κ1) is 22.0. The fourth-order valence-electron chi connectivity index (χ4n) is 4.58. The lowest BCUT2D eigenvalue weighted by Gasteiger charge is -2.36. The largest absolute Gasteiger partial charge is 0.463 e. The lowest BCUT2D eigenvalue weighted by molar-refractivity contribution is -0.385. The first-order chi connectivity index (χ1) is 15.3. The second-order valence-electron chi connectivity index (χ2n) is 8.06. The Balaban J connectivity index is 1.86. The predicted octanol–water partition coefficient (Wildman–Crippen LogP) is 4.89. The van der Waals surface area contributed by atoms with Crippen LogP contribution in [-0.2, 0) is 14.3 Å². The van der Waals surface area contributed by atoms with Crippen molar-refractivity contribution in [2.75, 3.05) is 6.61 Å². The molecule has 1 aliphatic carbocycles. The van der Waals surface area contributed by atoms with Crippen molar-refractivity contribution in [3.8, 4) is 0 Å². The van der Waals surface area contributed by atoms with Crippen LogP contribution in [0.1, 0.15) is 54.5 Å². The minimum atomic E-state index is -0.707. The van der Waals surface area contributed by atoms with Crippen LogP contribution >= 0.6 is 11.3 Å². The molecule has 0 amide bonds. The Labute approximate surface area is 189 Å². The van der Waals surface area contributed by atoms with E-state index in [1.807, 2.05) is 17.5 Å². The highest BCUT2D eigenvalue weighted by Gasteiger charge is 2.42. The molecule has 0 saturated heterocycles. The maximum absolute atomic E-state index is 13.4. The zero-order valence-corrected chi connectivity index (χ0v) is 19.0. The third kappa shape index (κ3) is 3.86. The number of rotatable bonds is 5. The average molecular weight is 453 g/mol. The van der Waals surface area contributed by atoms with Crippen molar-refractivity contribution in [1.29, 1.82) is 0 Å². The highest BCUT2D eigenvalue weighted by Crippen LogP contribution is 2.46. The first-order valence-electron chi connectivity index (χ1n) is 10.5. The molecule has 2 atom stereocenters. The molecule has 1 aliphatic heterocycles. The highest BCUT2D eigenvalue weighted by molar-refractivity contribution is 7.10. The molecule has 0 spiro atoms. The van der Waals surface area contributed by atoms with Gasteiger partial charge in [-0.25, -0.2) is 4.79 Å². The zero-order valence-electron chi connectivity index (χ0n) is 18.1. The summed E-state index contributed by atoms with van der Waals surface area (Å²) in [6.45, 7) is 5.36. The molecule has 1 aromatic carbocycles. The van der Waals surface area contributed by atoms with E-state index in [4.69, 9.17) is 4.74 Å². The molecular formula is C24H24N2O5S. The van der Waals surface area contributed by atoms with Gasteiger partial charge in [-0.1, -0.05) is 18.2 Å². The van der Waals surface area contributed by atoms with Crippen molar-refractivity contribution >= 4 is 28.8 Å². The van der Waals surface area contributed by atoms with Crippen molar-refractivity contribution < 1.29 is 19.2 Å².